The maximum atomic E-state index is 12.5. The Morgan fingerprint density at radius 2 is 1.60 bits per heavy atom. The summed E-state index contributed by atoms with van der Waals surface area (Å²) >= 11 is 0. The van der Waals surface area contributed by atoms with Crippen molar-refractivity contribution in [2.24, 2.45) is 5.14 Å². The summed E-state index contributed by atoms with van der Waals surface area (Å²) in [5, 5.41) is 9.08. The molecule has 0 heterocycles. The Labute approximate surface area is 179 Å². The Bertz CT molecular complexity index is 1100. The van der Waals surface area contributed by atoms with E-state index in [2.05, 4.69) is 12.2 Å². The van der Waals surface area contributed by atoms with Crippen molar-refractivity contribution < 1.29 is 8.42 Å². The molecule has 0 atom stereocenters. The van der Waals surface area contributed by atoms with Gasteiger partial charge in [0, 0.05) is 24.3 Å². The molecule has 5 nitrogen and oxygen atoms in total. The first-order chi connectivity index (χ1) is 14.4. The minimum absolute atomic E-state index is 0.164. The summed E-state index contributed by atoms with van der Waals surface area (Å²) in [6.07, 6.45) is 3.05. The Balaban J connectivity index is 2.09. The molecule has 0 radical (unpaired) electrons. The van der Waals surface area contributed by atoms with Crippen LogP contribution in [0.5, 0.6) is 0 Å². The van der Waals surface area contributed by atoms with Gasteiger partial charge in [-0.05, 0) is 53.3 Å². The van der Waals surface area contributed by atoms with Crippen LogP contribution in [0.4, 0.5) is 11.4 Å². The van der Waals surface area contributed by atoms with Gasteiger partial charge in [0.15, 0.2) is 0 Å². The van der Waals surface area contributed by atoms with Crippen molar-refractivity contribution in [1.29, 1.82) is 0 Å². The summed E-state index contributed by atoms with van der Waals surface area (Å²) in [6.45, 7) is 2.89. The third kappa shape index (κ3) is 5.62. The number of sulfonamides is 1. The average molecular weight is 424 g/mol. The highest BCUT2D eigenvalue weighted by Gasteiger charge is 2.20. The normalized spacial score (nSPS) is 11.4. The summed E-state index contributed by atoms with van der Waals surface area (Å²) in [5.41, 5.74) is 11.1. The quantitative estimate of drug-likeness (QED) is 0.353. The highest BCUT2D eigenvalue weighted by Crippen LogP contribution is 2.30. The molecule has 0 aromatic heterocycles. The van der Waals surface area contributed by atoms with E-state index in [4.69, 9.17) is 10.9 Å². The number of unbranched alkanes of at least 4 members (excludes halogenated alkanes) is 1. The molecule has 5 N–H and O–H groups in total. The molecule has 0 saturated heterocycles. The van der Waals surface area contributed by atoms with Crippen LogP contribution >= 0.6 is 0 Å². The summed E-state index contributed by atoms with van der Waals surface area (Å²) in [4.78, 5) is 0.164. The number of primary sulfonamides is 1. The second-order valence-corrected chi connectivity index (χ2v) is 9.01. The van der Waals surface area contributed by atoms with Crippen LogP contribution < -0.4 is 16.2 Å². The molecular weight excluding hydrogens is 394 g/mol. The molecule has 158 valence electrons. The van der Waals surface area contributed by atoms with Crippen molar-refractivity contribution in [3.05, 3.63) is 89.0 Å². The van der Waals surface area contributed by atoms with Crippen molar-refractivity contribution in [3.8, 4) is 0 Å². The Hall–Kier alpha value is -2.83. The summed E-state index contributed by atoms with van der Waals surface area (Å²) < 4.78 is 25.0. The molecule has 0 bridgehead atoms. The number of nitrogen functional groups attached to an aromatic ring is 1. The van der Waals surface area contributed by atoms with Crippen molar-refractivity contribution in [1.82, 2.24) is 0 Å². The fraction of sp³-hybridized carbons (Fsp3) is 0.250. The van der Waals surface area contributed by atoms with Crippen LogP contribution in [0.3, 0.4) is 0 Å². The zero-order valence-electron chi connectivity index (χ0n) is 17.3. The van der Waals surface area contributed by atoms with Crippen LogP contribution in [0.15, 0.2) is 71.6 Å². The number of nitrogens with two attached hydrogens (primary N) is 2. The highest BCUT2D eigenvalue weighted by molar-refractivity contribution is 7.89. The Morgan fingerprint density at radius 3 is 2.27 bits per heavy atom. The summed E-state index contributed by atoms with van der Waals surface area (Å²) in [5.74, 6) is 0. The number of hydrogen-bond donors (Lipinski definition) is 3. The van der Waals surface area contributed by atoms with Gasteiger partial charge in [0.1, 0.15) is 0 Å². The minimum atomic E-state index is -3.90. The molecule has 0 saturated carbocycles. The van der Waals surface area contributed by atoms with Gasteiger partial charge in [-0.15, -0.1) is 0 Å². The molecule has 0 spiro atoms. The highest BCUT2D eigenvalue weighted by atomic mass is 32.2. The van der Waals surface area contributed by atoms with Crippen LogP contribution in [0.25, 0.3) is 0 Å². The number of nitrogens with one attached hydrogen (secondary N) is 1. The molecule has 3 rings (SSSR count). The zero-order chi connectivity index (χ0) is 21.6. The van der Waals surface area contributed by atoms with Gasteiger partial charge in [0.05, 0.1) is 4.90 Å². The average Bonchev–Trinajstić information content (AvgIpc) is 2.71. The molecule has 6 heteroatoms. The third-order valence-corrected chi connectivity index (χ3v) is 6.07. The fourth-order valence-corrected chi connectivity index (χ4v) is 4.35. The van der Waals surface area contributed by atoms with Gasteiger partial charge in [-0.25, -0.2) is 13.6 Å². The maximum absolute atomic E-state index is 12.5. The molecule has 0 amide bonds. The number of hydrogen-bond acceptors (Lipinski definition) is 4. The maximum Gasteiger partial charge on any atom is 0.238 e. The van der Waals surface area contributed by atoms with Crippen LogP contribution in [0.1, 0.15) is 42.0 Å². The number of rotatable bonds is 9. The van der Waals surface area contributed by atoms with Gasteiger partial charge in [0.25, 0.3) is 0 Å². The lowest BCUT2D eigenvalue weighted by Gasteiger charge is -2.18. The van der Waals surface area contributed by atoms with E-state index in [1.54, 1.807) is 6.07 Å². The van der Waals surface area contributed by atoms with Gasteiger partial charge >= 0.3 is 0 Å². The lowest BCUT2D eigenvalue weighted by Crippen LogP contribution is -2.17. The molecule has 0 fully saturated rings. The van der Waals surface area contributed by atoms with Crippen LogP contribution in [-0.4, -0.2) is 15.0 Å². The SMILES string of the molecule is CCCCNc1cc(Cc2ccccc2N)cc(S(N)(=O)=O)c1Cc1ccccc1. The first-order valence-corrected chi connectivity index (χ1v) is 11.7. The van der Waals surface area contributed by atoms with Crippen molar-refractivity contribution in [2.75, 3.05) is 17.6 Å². The first kappa shape index (κ1) is 21.9. The largest absolute Gasteiger partial charge is 0.398 e. The van der Waals surface area contributed by atoms with Crippen LogP contribution in [-0.2, 0) is 22.9 Å². The van der Waals surface area contributed by atoms with Gasteiger partial charge in [0.2, 0.25) is 10.0 Å². The van der Waals surface area contributed by atoms with E-state index in [1.807, 2.05) is 60.7 Å². The fourth-order valence-electron chi connectivity index (χ4n) is 3.51. The molecule has 0 unspecified atom stereocenters. The standard InChI is InChI=1S/C24H29N3O2S/c1-2-3-13-27-23-16-19(14-20-11-7-8-12-22(20)25)17-24(30(26,28)29)21(23)15-18-9-5-4-6-10-18/h4-12,16-17,27H,2-3,13-15,25H2,1H3,(H2,26,28,29). The predicted octanol–water partition coefficient (Wildman–Crippen LogP) is 4.31. The molecule has 3 aromatic carbocycles. The number of anilines is 2. The van der Waals surface area contributed by atoms with Crippen molar-refractivity contribution in [2.45, 2.75) is 37.5 Å². The van der Waals surface area contributed by atoms with Crippen LogP contribution in [0, 0.1) is 0 Å². The van der Waals surface area contributed by atoms with E-state index in [1.165, 1.54) is 0 Å². The van der Waals surface area contributed by atoms with E-state index in [0.29, 0.717) is 24.1 Å². The smallest absolute Gasteiger partial charge is 0.238 e. The molecule has 0 aliphatic carbocycles. The molecular formula is C24H29N3O2S. The second kappa shape index (κ2) is 9.78. The van der Waals surface area contributed by atoms with Gasteiger partial charge in [-0.3, -0.25) is 0 Å². The Morgan fingerprint density at radius 1 is 0.900 bits per heavy atom. The van der Waals surface area contributed by atoms with E-state index >= 15 is 0 Å². The van der Waals surface area contributed by atoms with E-state index in [-0.39, 0.29) is 4.90 Å². The lowest BCUT2D eigenvalue weighted by molar-refractivity contribution is 0.596. The second-order valence-electron chi connectivity index (χ2n) is 7.48. The lowest BCUT2D eigenvalue weighted by atomic mass is 9.97. The van der Waals surface area contributed by atoms with E-state index in [9.17, 15) is 8.42 Å². The molecule has 3 aromatic rings. The summed E-state index contributed by atoms with van der Waals surface area (Å²) in [7, 11) is -3.90. The van der Waals surface area contributed by atoms with Crippen molar-refractivity contribution in [3.63, 3.8) is 0 Å². The topological polar surface area (TPSA) is 98.2 Å². The third-order valence-electron chi connectivity index (χ3n) is 5.09. The number of para-hydroxylation sites is 1. The molecule has 30 heavy (non-hydrogen) atoms. The van der Waals surface area contributed by atoms with Crippen molar-refractivity contribution >= 4 is 21.4 Å². The zero-order valence-corrected chi connectivity index (χ0v) is 18.1. The monoisotopic (exact) mass is 423 g/mol. The van der Waals surface area contributed by atoms with Gasteiger partial charge in [-0.1, -0.05) is 61.9 Å². The minimum Gasteiger partial charge on any atom is -0.398 e. The van der Waals surface area contributed by atoms with E-state index in [0.717, 1.165) is 41.8 Å². The van der Waals surface area contributed by atoms with Crippen LogP contribution in [0.2, 0.25) is 0 Å². The summed E-state index contributed by atoms with van der Waals surface area (Å²) in [6, 6.07) is 21.1. The van der Waals surface area contributed by atoms with E-state index < -0.39 is 10.0 Å². The first-order valence-electron chi connectivity index (χ1n) is 10.2. The molecule has 0 aliphatic heterocycles. The number of benzene rings is 3. The van der Waals surface area contributed by atoms with Gasteiger partial charge in [-0.2, -0.15) is 0 Å². The van der Waals surface area contributed by atoms with Gasteiger partial charge < -0.3 is 11.1 Å². The Kier molecular flexibility index (Phi) is 7.13. The predicted molar refractivity (Wildman–Crippen MR) is 124 cm³/mol. The molecule has 0 aliphatic rings.